The summed E-state index contributed by atoms with van der Waals surface area (Å²) in [4.78, 5) is 18.0. The van der Waals surface area contributed by atoms with E-state index in [0.29, 0.717) is 39.4 Å². The van der Waals surface area contributed by atoms with E-state index < -0.39 is 6.04 Å². The number of carbonyl (C=O) groups is 1. The molecule has 36 heavy (non-hydrogen) atoms. The Balaban J connectivity index is 1.53. The van der Waals surface area contributed by atoms with E-state index in [1.807, 2.05) is 67.6 Å². The highest BCUT2D eigenvalue weighted by Gasteiger charge is 2.35. The molecule has 0 saturated heterocycles. The molecule has 2 N–H and O–H groups in total. The lowest BCUT2D eigenvalue weighted by molar-refractivity contribution is -0.113. The van der Waals surface area contributed by atoms with Gasteiger partial charge in [-0.15, -0.1) is 0 Å². The number of anilines is 2. The highest BCUT2D eigenvalue weighted by Crippen LogP contribution is 2.40. The number of hydrogen-bond acceptors (Lipinski definition) is 6. The third-order valence-electron chi connectivity index (χ3n) is 5.95. The second-order valence-corrected chi connectivity index (χ2v) is 8.57. The number of para-hydroxylation sites is 3. The minimum Gasteiger partial charge on any atom is -0.495 e. The standard InChI is InChI=1S/C27H24ClN5O3/c1-17-24(26(34)32-21-12-6-8-14-23(21)35-2)25(33-27(31-17)29-16-30-33)19-10-4-7-13-22(19)36-15-18-9-3-5-11-20(18)28/h3-14,16,25H,15H2,1-2H3,(H,32,34)(H,29,30,31)/t25-/m1/s1. The Hall–Kier alpha value is -4.30. The van der Waals surface area contributed by atoms with Crippen LogP contribution in [0.4, 0.5) is 11.6 Å². The monoisotopic (exact) mass is 501 g/mol. The minimum atomic E-state index is -0.582. The normalized spacial score (nSPS) is 14.6. The van der Waals surface area contributed by atoms with Gasteiger partial charge in [0.05, 0.1) is 18.4 Å². The largest absolute Gasteiger partial charge is 0.495 e. The van der Waals surface area contributed by atoms with Gasteiger partial charge < -0.3 is 20.1 Å². The zero-order valence-electron chi connectivity index (χ0n) is 19.7. The molecule has 0 spiro atoms. The number of nitrogens with one attached hydrogen (secondary N) is 2. The molecule has 1 aliphatic heterocycles. The molecule has 5 rings (SSSR count). The molecule has 2 heterocycles. The van der Waals surface area contributed by atoms with Crippen molar-refractivity contribution in [3.05, 3.63) is 107 Å². The number of aromatic nitrogens is 3. The number of hydrogen-bond donors (Lipinski definition) is 2. The average molecular weight is 502 g/mol. The molecule has 0 fully saturated rings. The van der Waals surface area contributed by atoms with Gasteiger partial charge in [-0.2, -0.15) is 10.1 Å². The number of benzene rings is 3. The van der Waals surface area contributed by atoms with Crippen LogP contribution < -0.4 is 20.1 Å². The van der Waals surface area contributed by atoms with Gasteiger partial charge in [-0.05, 0) is 31.2 Å². The summed E-state index contributed by atoms with van der Waals surface area (Å²) in [6, 6.07) is 21.8. The molecule has 0 aliphatic carbocycles. The van der Waals surface area contributed by atoms with Crippen LogP contribution in [0.1, 0.15) is 24.1 Å². The molecule has 4 aromatic rings. The molecule has 182 valence electrons. The van der Waals surface area contributed by atoms with Crippen LogP contribution in [0.25, 0.3) is 0 Å². The van der Waals surface area contributed by atoms with Gasteiger partial charge in [0.25, 0.3) is 5.91 Å². The predicted octanol–water partition coefficient (Wildman–Crippen LogP) is 5.45. The number of ether oxygens (including phenoxy) is 2. The summed E-state index contributed by atoms with van der Waals surface area (Å²) in [5.74, 6) is 1.42. The second kappa shape index (κ2) is 10.1. The van der Waals surface area contributed by atoms with Crippen LogP contribution in [-0.2, 0) is 11.4 Å². The molecule has 8 nitrogen and oxygen atoms in total. The van der Waals surface area contributed by atoms with Crippen LogP contribution in [0.5, 0.6) is 11.5 Å². The van der Waals surface area contributed by atoms with Crippen molar-refractivity contribution in [2.75, 3.05) is 17.7 Å². The van der Waals surface area contributed by atoms with Crippen LogP contribution in [0.3, 0.4) is 0 Å². The Morgan fingerprint density at radius 3 is 2.58 bits per heavy atom. The zero-order chi connectivity index (χ0) is 25.1. The maximum absolute atomic E-state index is 13.7. The van der Waals surface area contributed by atoms with Crippen molar-refractivity contribution in [2.45, 2.75) is 19.6 Å². The van der Waals surface area contributed by atoms with E-state index in [4.69, 9.17) is 21.1 Å². The van der Waals surface area contributed by atoms with Crippen LogP contribution in [0.2, 0.25) is 5.02 Å². The number of allylic oxidation sites excluding steroid dienone is 1. The van der Waals surface area contributed by atoms with Gasteiger partial charge in [-0.3, -0.25) is 4.79 Å². The van der Waals surface area contributed by atoms with Gasteiger partial charge in [0.2, 0.25) is 5.95 Å². The molecule has 0 saturated carbocycles. The van der Waals surface area contributed by atoms with Crippen LogP contribution in [-0.4, -0.2) is 27.8 Å². The lowest BCUT2D eigenvalue weighted by Crippen LogP contribution is -2.31. The molecule has 1 amide bonds. The van der Waals surface area contributed by atoms with Gasteiger partial charge in [0.1, 0.15) is 30.5 Å². The van der Waals surface area contributed by atoms with Gasteiger partial charge in [-0.25, -0.2) is 4.68 Å². The average Bonchev–Trinajstić information content (AvgIpc) is 3.36. The quantitative estimate of drug-likeness (QED) is 0.350. The third-order valence-corrected chi connectivity index (χ3v) is 6.32. The molecule has 0 unspecified atom stereocenters. The fourth-order valence-corrected chi connectivity index (χ4v) is 4.41. The van der Waals surface area contributed by atoms with Gasteiger partial charge >= 0.3 is 0 Å². The third kappa shape index (κ3) is 4.50. The van der Waals surface area contributed by atoms with E-state index in [-0.39, 0.29) is 12.5 Å². The first kappa shape index (κ1) is 23.4. The Labute approximate surface area is 213 Å². The molecule has 1 aliphatic rings. The van der Waals surface area contributed by atoms with Crippen molar-refractivity contribution < 1.29 is 14.3 Å². The summed E-state index contributed by atoms with van der Waals surface area (Å²) >= 11 is 6.34. The molecule has 9 heteroatoms. The smallest absolute Gasteiger partial charge is 0.255 e. The Bertz CT molecular complexity index is 1450. The lowest BCUT2D eigenvalue weighted by Gasteiger charge is -2.30. The summed E-state index contributed by atoms with van der Waals surface area (Å²) in [7, 11) is 1.56. The van der Waals surface area contributed by atoms with Gasteiger partial charge in [0.15, 0.2) is 0 Å². The van der Waals surface area contributed by atoms with E-state index in [1.165, 1.54) is 6.33 Å². The molecule has 0 radical (unpaired) electrons. The maximum Gasteiger partial charge on any atom is 0.255 e. The fourth-order valence-electron chi connectivity index (χ4n) is 4.22. The topological polar surface area (TPSA) is 90.3 Å². The number of carbonyl (C=O) groups excluding carboxylic acids is 1. The van der Waals surface area contributed by atoms with Crippen LogP contribution in [0, 0.1) is 0 Å². The molecular formula is C27H24ClN5O3. The first-order valence-electron chi connectivity index (χ1n) is 11.3. The Morgan fingerprint density at radius 1 is 1.06 bits per heavy atom. The minimum absolute atomic E-state index is 0.275. The molecule has 0 bridgehead atoms. The molecule has 1 aromatic heterocycles. The van der Waals surface area contributed by atoms with E-state index in [1.54, 1.807) is 23.9 Å². The van der Waals surface area contributed by atoms with E-state index in [9.17, 15) is 4.79 Å². The highest BCUT2D eigenvalue weighted by molar-refractivity contribution is 6.31. The summed E-state index contributed by atoms with van der Waals surface area (Å²) in [5.41, 5.74) is 3.34. The second-order valence-electron chi connectivity index (χ2n) is 8.17. The molecule has 3 aromatic carbocycles. The Kier molecular flexibility index (Phi) is 6.60. The van der Waals surface area contributed by atoms with Crippen LogP contribution >= 0.6 is 11.6 Å². The first-order valence-corrected chi connectivity index (χ1v) is 11.7. The zero-order valence-corrected chi connectivity index (χ0v) is 20.5. The highest BCUT2D eigenvalue weighted by atomic mass is 35.5. The maximum atomic E-state index is 13.7. The number of halogens is 1. The number of fused-ring (bicyclic) bond motifs is 1. The summed E-state index contributed by atoms with van der Waals surface area (Å²) in [5, 5.41) is 11.2. The lowest BCUT2D eigenvalue weighted by atomic mass is 9.94. The van der Waals surface area contributed by atoms with E-state index in [0.717, 1.165) is 11.1 Å². The van der Waals surface area contributed by atoms with Crippen LogP contribution in [0.15, 0.2) is 90.4 Å². The van der Waals surface area contributed by atoms with Crippen molar-refractivity contribution in [3.63, 3.8) is 0 Å². The predicted molar refractivity (Wildman–Crippen MR) is 138 cm³/mol. The van der Waals surface area contributed by atoms with Gasteiger partial charge in [0, 0.05) is 21.8 Å². The summed E-state index contributed by atoms with van der Waals surface area (Å²) in [6.45, 7) is 2.12. The van der Waals surface area contributed by atoms with Crippen molar-refractivity contribution in [2.24, 2.45) is 0 Å². The first-order chi connectivity index (χ1) is 17.6. The van der Waals surface area contributed by atoms with Crippen molar-refractivity contribution in [1.29, 1.82) is 0 Å². The van der Waals surface area contributed by atoms with Crippen molar-refractivity contribution in [3.8, 4) is 11.5 Å². The number of nitrogens with zero attached hydrogens (tertiary/aromatic N) is 3. The van der Waals surface area contributed by atoms with E-state index in [2.05, 4.69) is 20.7 Å². The van der Waals surface area contributed by atoms with E-state index >= 15 is 0 Å². The fraction of sp³-hybridized carbons (Fsp3) is 0.148. The molecule has 1 atom stereocenters. The van der Waals surface area contributed by atoms with Gasteiger partial charge in [-0.1, -0.05) is 60.1 Å². The number of rotatable bonds is 7. The van der Waals surface area contributed by atoms with Crippen molar-refractivity contribution in [1.82, 2.24) is 14.8 Å². The van der Waals surface area contributed by atoms with Crippen molar-refractivity contribution >= 4 is 29.1 Å². The summed E-state index contributed by atoms with van der Waals surface area (Å²) < 4.78 is 13.3. The number of methoxy groups -OCH3 is 1. The number of amides is 1. The summed E-state index contributed by atoms with van der Waals surface area (Å²) in [6.07, 6.45) is 1.46. The molecular weight excluding hydrogens is 478 g/mol. The SMILES string of the molecule is COc1ccccc1NC(=O)C1=C(C)Nc2ncnn2[C@@H]1c1ccccc1OCc1ccccc1Cl. The Morgan fingerprint density at radius 2 is 1.78 bits per heavy atom.